The molecule has 0 bridgehead atoms. The van der Waals surface area contributed by atoms with Gasteiger partial charge in [-0.15, -0.1) is 0 Å². The van der Waals surface area contributed by atoms with Crippen LogP contribution in [0.15, 0.2) is 0 Å². The lowest BCUT2D eigenvalue weighted by Gasteiger charge is -2.40. The second-order valence-electron chi connectivity index (χ2n) is 5.85. The molecule has 1 heteroatoms. The van der Waals surface area contributed by atoms with Crippen LogP contribution in [-0.4, -0.2) is 25.0 Å². The van der Waals surface area contributed by atoms with Crippen LogP contribution in [0.25, 0.3) is 0 Å². The minimum Gasteiger partial charge on any atom is -0.306 e. The SMILES string of the molecule is CN(C)C1CCC[C@H](C(C)(C)C)C1. The monoisotopic (exact) mass is 183 g/mol. The fraction of sp³-hybridized carbons (Fsp3) is 1.00. The zero-order chi connectivity index (χ0) is 10.1. The molecular weight excluding hydrogens is 158 g/mol. The summed E-state index contributed by atoms with van der Waals surface area (Å²) in [5.41, 5.74) is 0.509. The molecule has 0 aliphatic heterocycles. The second-order valence-corrected chi connectivity index (χ2v) is 5.85. The maximum atomic E-state index is 2.40. The van der Waals surface area contributed by atoms with E-state index in [2.05, 4.69) is 39.8 Å². The van der Waals surface area contributed by atoms with Gasteiger partial charge in [0, 0.05) is 6.04 Å². The van der Waals surface area contributed by atoms with Crippen molar-refractivity contribution in [1.82, 2.24) is 4.90 Å². The summed E-state index contributed by atoms with van der Waals surface area (Å²) in [6.07, 6.45) is 5.66. The third-order valence-corrected chi connectivity index (χ3v) is 3.60. The van der Waals surface area contributed by atoms with Crippen LogP contribution in [0, 0.1) is 11.3 Å². The van der Waals surface area contributed by atoms with E-state index in [0.717, 1.165) is 12.0 Å². The number of hydrogen-bond donors (Lipinski definition) is 0. The summed E-state index contributed by atoms with van der Waals surface area (Å²) in [6, 6.07) is 0.831. The average Bonchev–Trinajstić information content (AvgIpc) is 2.03. The maximum Gasteiger partial charge on any atom is 0.00920 e. The predicted molar refractivity (Wildman–Crippen MR) is 58.9 cm³/mol. The highest BCUT2D eigenvalue weighted by molar-refractivity contribution is 4.84. The van der Waals surface area contributed by atoms with E-state index in [0.29, 0.717) is 5.41 Å². The third-order valence-electron chi connectivity index (χ3n) is 3.60. The van der Waals surface area contributed by atoms with Gasteiger partial charge in [0.2, 0.25) is 0 Å². The molecule has 0 radical (unpaired) electrons. The molecule has 13 heavy (non-hydrogen) atoms. The first-order valence-corrected chi connectivity index (χ1v) is 5.57. The highest BCUT2D eigenvalue weighted by atomic mass is 15.1. The molecule has 78 valence electrons. The van der Waals surface area contributed by atoms with Gasteiger partial charge in [0.15, 0.2) is 0 Å². The van der Waals surface area contributed by atoms with Crippen LogP contribution in [0.2, 0.25) is 0 Å². The van der Waals surface area contributed by atoms with Crippen LogP contribution in [0.4, 0.5) is 0 Å². The molecule has 0 aromatic rings. The molecule has 0 N–H and O–H groups in total. The van der Waals surface area contributed by atoms with Crippen molar-refractivity contribution in [2.75, 3.05) is 14.1 Å². The van der Waals surface area contributed by atoms with Crippen molar-refractivity contribution in [2.45, 2.75) is 52.5 Å². The van der Waals surface area contributed by atoms with E-state index in [-0.39, 0.29) is 0 Å². The fourth-order valence-corrected chi connectivity index (χ4v) is 2.42. The number of nitrogens with zero attached hydrogens (tertiary/aromatic N) is 1. The Morgan fingerprint density at radius 2 is 1.69 bits per heavy atom. The Hall–Kier alpha value is -0.0400. The average molecular weight is 183 g/mol. The molecule has 1 fully saturated rings. The number of rotatable bonds is 1. The van der Waals surface area contributed by atoms with Crippen molar-refractivity contribution >= 4 is 0 Å². The van der Waals surface area contributed by atoms with E-state index in [9.17, 15) is 0 Å². The number of hydrogen-bond acceptors (Lipinski definition) is 1. The van der Waals surface area contributed by atoms with Gasteiger partial charge in [-0.2, -0.15) is 0 Å². The van der Waals surface area contributed by atoms with Gasteiger partial charge in [-0.05, 0) is 44.7 Å². The molecule has 0 amide bonds. The Morgan fingerprint density at radius 3 is 2.15 bits per heavy atom. The lowest BCUT2D eigenvalue weighted by molar-refractivity contribution is 0.112. The molecule has 1 saturated carbocycles. The normalized spacial score (nSPS) is 30.9. The molecule has 0 aromatic heterocycles. The summed E-state index contributed by atoms with van der Waals surface area (Å²) < 4.78 is 0. The smallest absolute Gasteiger partial charge is 0.00920 e. The molecule has 0 saturated heterocycles. The first-order valence-electron chi connectivity index (χ1n) is 5.57. The maximum absolute atomic E-state index is 2.40. The Bertz CT molecular complexity index is 155. The van der Waals surface area contributed by atoms with Crippen LogP contribution >= 0.6 is 0 Å². The quantitative estimate of drug-likeness (QED) is 0.603. The van der Waals surface area contributed by atoms with Gasteiger partial charge in [0.05, 0.1) is 0 Å². The van der Waals surface area contributed by atoms with Crippen molar-refractivity contribution in [3.05, 3.63) is 0 Å². The van der Waals surface area contributed by atoms with Gasteiger partial charge in [-0.25, -0.2) is 0 Å². The summed E-state index contributed by atoms with van der Waals surface area (Å²) in [5, 5.41) is 0. The largest absolute Gasteiger partial charge is 0.306 e. The van der Waals surface area contributed by atoms with Gasteiger partial charge >= 0.3 is 0 Å². The van der Waals surface area contributed by atoms with Crippen molar-refractivity contribution in [3.63, 3.8) is 0 Å². The van der Waals surface area contributed by atoms with Crippen molar-refractivity contribution in [3.8, 4) is 0 Å². The lowest BCUT2D eigenvalue weighted by atomic mass is 9.71. The van der Waals surface area contributed by atoms with Crippen LogP contribution < -0.4 is 0 Å². The Kier molecular flexibility index (Phi) is 3.39. The zero-order valence-corrected chi connectivity index (χ0v) is 9.93. The highest BCUT2D eigenvalue weighted by Gasteiger charge is 2.31. The topological polar surface area (TPSA) is 3.24 Å². The standard InChI is InChI=1S/C12H25N/c1-12(2,3)10-7-6-8-11(9-10)13(4)5/h10-11H,6-9H2,1-5H3/t10-,11?/m0/s1. The Labute approximate surface area is 83.5 Å². The van der Waals surface area contributed by atoms with E-state index >= 15 is 0 Å². The van der Waals surface area contributed by atoms with Crippen LogP contribution in [0.5, 0.6) is 0 Å². The minimum atomic E-state index is 0.509. The van der Waals surface area contributed by atoms with Crippen molar-refractivity contribution in [1.29, 1.82) is 0 Å². The van der Waals surface area contributed by atoms with Gasteiger partial charge < -0.3 is 4.90 Å². The van der Waals surface area contributed by atoms with E-state index < -0.39 is 0 Å². The molecular formula is C12H25N. The molecule has 2 atom stereocenters. The molecule has 0 spiro atoms. The second kappa shape index (κ2) is 4.00. The molecule has 1 unspecified atom stereocenters. The van der Waals surface area contributed by atoms with Crippen LogP contribution in [-0.2, 0) is 0 Å². The molecule has 1 rings (SSSR count). The molecule has 0 heterocycles. The summed E-state index contributed by atoms with van der Waals surface area (Å²) in [4.78, 5) is 2.40. The van der Waals surface area contributed by atoms with Crippen LogP contribution in [0.3, 0.4) is 0 Å². The zero-order valence-electron chi connectivity index (χ0n) is 9.93. The molecule has 1 aliphatic rings. The first kappa shape index (κ1) is 11.0. The molecule has 0 aromatic carbocycles. The van der Waals surface area contributed by atoms with Gasteiger partial charge in [0.25, 0.3) is 0 Å². The Balaban J connectivity index is 2.52. The summed E-state index contributed by atoms with van der Waals surface area (Å²) in [5.74, 6) is 0.925. The highest BCUT2D eigenvalue weighted by Crippen LogP contribution is 2.38. The summed E-state index contributed by atoms with van der Waals surface area (Å²) in [6.45, 7) is 7.15. The van der Waals surface area contributed by atoms with Gasteiger partial charge in [0.1, 0.15) is 0 Å². The minimum absolute atomic E-state index is 0.509. The lowest BCUT2D eigenvalue weighted by Crippen LogP contribution is -2.37. The van der Waals surface area contributed by atoms with Crippen molar-refractivity contribution < 1.29 is 0 Å². The van der Waals surface area contributed by atoms with E-state index in [4.69, 9.17) is 0 Å². The third kappa shape index (κ3) is 2.98. The first-order chi connectivity index (χ1) is 5.91. The molecule has 1 aliphatic carbocycles. The van der Waals surface area contributed by atoms with Crippen molar-refractivity contribution in [2.24, 2.45) is 11.3 Å². The van der Waals surface area contributed by atoms with E-state index in [1.807, 2.05) is 0 Å². The Morgan fingerprint density at radius 1 is 1.08 bits per heavy atom. The van der Waals surface area contributed by atoms with Gasteiger partial charge in [-0.3, -0.25) is 0 Å². The van der Waals surface area contributed by atoms with E-state index in [1.54, 1.807) is 0 Å². The van der Waals surface area contributed by atoms with Gasteiger partial charge in [-0.1, -0.05) is 27.2 Å². The van der Waals surface area contributed by atoms with E-state index in [1.165, 1.54) is 25.7 Å². The summed E-state index contributed by atoms with van der Waals surface area (Å²) in [7, 11) is 4.44. The molecule has 1 nitrogen and oxygen atoms in total. The fourth-order valence-electron chi connectivity index (χ4n) is 2.42. The predicted octanol–water partition coefficient (Wildman–Crippen LogP) is 3.15. The van der Waals surface area contributed by atoms with Crippen LogP contribution in [0.1, 0.15) is 46.5 Å². The summed E-state index contributed by atoms with van der Waals surface area (Å²) >= 11 is 0.